The number of amides is 1. The highest BCUT2D eigenvalue weighted by atomic mass is 16.4. The summed E-state index contributed by atoms with van der Waals surface area (Å²) in [5.41, 5.74) is 1.57. The SMILES string of the molecule is CCCc1nc2ccc(C(=O)O)cc2n1C(C)C(=O)NC. The van der Waals surface area contributed by atoms with E-state index in [-0.39, 0.29) is 11.5 Å². The van der Waals surface area contributed by atoms with E-state index in [1.807, 2.05) is 11.5 Å². The number of hydrogen-bond donors (Lipinski definition) is 2. The lowest BCUT2D eigenvalue weighted by atomic mass is 10.2. The summed E-state index contributed by atoms with van der Waals surface area (Å²) < 4.78 is 1.82. The molecule has 0 spiro atoms. The number of fused-ring (bicyclic) bond motifs is 1. The van der Waals surface area contributed by atoms with Gasteiger partial charge in [-0.1, -0.05) is 6.92 Å². The van der Waals surface area contributed by atoms with Gasteiger partial charge in [0.2, 0.25) is 5.91 Å². The number of carboxylic acids is 1. The number of aromatic nitrogens is 2. The number of aromatic carboxylic acids is 1. The van der Waals surface area contributed by atoms with E-state index in [0.29, 0.717) is 11.0 Å². The molecule has 1 heterocycles. The van der Waals surface area contributed by atoms with Gasteiger partial charge in [0.1, 0.15) is 11.9 Å². The first-order valence-corrected chi connectivity index (χ1v) is 6.95. The van der Waals surface area contributed by atoms with Gasteiger partial charge >= 0.3 is 5.97 Å². The Bertz CT molecular complexity index is 691. The van der Waals surface area contributed by atoms with Crippen molar-refractivity contribution >= 4 is 22.9 Å². The van der Waals surface area contributed by atoms with Crippen molar-refractivity contribution in [1.29, 1.82) is 0 Å². The van der Waals surface area contributed by atoms with Crippen molar-refractivity contribution in [2.45, 2.75) is 32.7 Å². The smallest absolute Gasteiger partial charge is 0.335 e. The molecule has 0 saturated heterocycles. The number of hydrogen-bond acceptors (Lipinski definition) is 3. The van der Waals surface area contributed by atoms with Gasteiger partial charge in [-0.05, 0) is 31.5 Å². The highest BCUT2D eigenvalue weighted by Crippen LogP contribution is 2.23. The monoisotopic (exact) mass is 289 g/mol. The topological polar surface area (TPSA) is 84.2 Å². The Hall–Kier alpha value is -2.37. The van der Waals surface area contributed by atoms with E-state index in [9.17, 15) is 9.59 Å². The predicted molar refractivity (Wildman–Crippen MR) is 79.5 cm³/mol. The van der Waals surface area contributed by atoms with Crippen LogP contribution in [-0.2, 0) is 11.2 Å². The van der Waals surface area contributed by atoms with Gasteiger partial charge in [-0.25, -0.2) is 9.78 Å². The van der Waals surface area contributed by atoms with Crippen molar-refractivity contribution in [3.05, 3.63) is 29.6 Å². The number of likely N-dealkylation sites (N-methyl/N-ethyl adjacent to an activating group) is 1. The molecule has 1 atom stereocenters. The normalized spacial score (nSPS) is 12.3. The van der Waals surface area contributed by atoms with Gasteiger partial charge in [0.15, 0.2) is 0 Å². The molecule has 1 unspecified atom stereocenters. The van der Waals surface area contributed by atoms with Crippen LogP contribution in [0, 0.1) is 0 Å². The number of carbonyl (C=O) groups excluding carboxylic acids is 1. The zero-order valence-corrected chi connectivity index (χ0v) is 12.4. The minimum absolute atomic E-state index is 0.132. The summed E-state index contributed by atoms with van der Waals surface area (Å²) in [5.74, 6) is -0.326. The highest BCUT2D eigenvalue weighted by Gasteiger charge is 2.21. The number of carboxylic acid groups (broad SMARTS) is 1. The maximum absolute atomic E-state index is 12.0. The van der Waals surface area contributed by atoms with E-state index in [1.165, 1.54) is 6.07 Å². The minimum Gasteiger partial charge on any atom is -0.478 e. The standard InChI is InChI=1S/C15H19N3O3/c1-4-5-13-17-11-7-6-10(15(20)21)8-12(11)18(13)9(2)14(19)16-3/h6-9H,4-5H2,1-3H3,(H,16,19)(H,20,21). The molecule has 0 radical (unpaired) electrons. The van der Waals surface area contributed by atoms with Crippen LogP contribution < -0.4 is 5.32 Å². The fourth-order valence-electron chi connectivity index (χ4n) is 2.43. The molecule has 2 rings (SSSR count). The lowest BCUT2D eigenvalue weighted by Gasteiger charge is -2.16. The van der Waals surface area contributed by atoms with E-state index in [1.54, 1.807) is 26.1 Å². The molecule has 21 heavy (non-hydrogen) atoms. The van der Waals surface area contributed by atoms with Crippen molar-refractivity contribution in [1.82, 2.24) is 14.9 Å². The first kappa shape index (κ1) is 15.0. The Labute approximate surface area is 122 Å². The number of nitrogens with zero attached hydrogens (tertiary/aromatic N) is 2. The van der Waals surface area contributed by atoms with Crippen LogP contribution in [0.15, 0.2) is 18.2 Å². The molecular weight excluding hydrogens is 270 g/mol. The van der Waals surface area contributed by atoms with Gasteiger partial charge in [0, 0.05) is 13.5 Å². The second kappa shape index (κ2) is 5.95. The molecule has 0 fully saturated rings. The molecule has 1 amide bonds. The highest BCUT2D eigenvalue weighted by molar-refractivity contribution is 5.93. The first-order chi connectivity index (χ1) is 9.99. The third kappa shape index (κ3) is 2.74. The van der Waals surface area contributed by atoms with Gasteiger partial charge in [-0.15, -0.1) is 0 Å². The van der Waals surface area contributed by atoms with Gasteiger partial charge in [0.25, 0.3) is 0 Å². The summed E-state index contributed by atoms with van der Waals surface area (Å²) in [7, 11) is 1.58. The van der Waals surface area contributed by atoms with Crippen molar-refractivity contribution in [3.8, 4) is 0 Å². The Morgan fingerprint density at radius 1 is 1.43 bits per heavy atom. The predicted octanol–water partition coefficient (Wildman–Crippen LogP) is 1.99. The summed E-state index contributed by atoms with van der Waals surface area (Å²) >= 11 is 0. The molecule has 0 aliphatic heterocycles. The molecule has 0 saturated carbocycles. The Balaban J connectivity index is 2.66. The Kier molecular flexibility index (Phi) is 4.26. The fraction of sp³-hybridized carbons (Fsp3) is 0.400. The zero-order chi connectivity index (χ0) is 15.6. The molecular formula is C15H19N3O3. The quantitative estimate of drug-likeness (QED) is 0.881. The van der Waals surface area contributed by atoms with Gasteiger partial charge < -0.3 is 15.0 Å². The average molecular weight is 289 g/mol. The van der Waals surface area contributed by atoms with Crippen LogP contribution in [0.1, 0.15) is 42.5 Å². The third-order valence-corrected chi connectivity index (χ3v) is 3.50. The van der Waals surface area contributed by atoms with Crippen LogP contribution in [0.25, 0.3) is 11.0 Å². The van der Waals surface area contributed by atoms with E-state index in [4.69, 9.17) is 5.11 Å². The van der Waals surface area contributed by atoms with Gasteiger partial charge in [-0.3, -0.25) is 4.79 Å². The van der Waals surface area contributed by atoms with Crippen molar-refractivity contribution in [2.75, 3.05) is 7.05 Å². The van der Waals surface area contributed by atoms with Crippen LogP contribution in [-0.4, -0.2) is 33.6 Å². The van der Waals surface area contributed by atoms with Gasteiger partial charge in [-0.2, -0.15) is 0 Å². The number of aryl methyl sites for hydroxylation is 1. The first-order valence-electron chi connectivity index (χ1n) is 6.95. The summed E-state index contributed by atoms with van der Waals surface area (Å²) in [6.07, 6.45) is 1.63. The summed E-state index contributed by atoms with van der Waals surface area (Å²) in [5, 5.41) is 11.8. The molecule has 2 N–H and O–H groups in total. The Morgan fingerprint density at radius 3 is 2.71 bits per heavy atom. The molecule has 1 aromatic carbocycles. The van der Waals surface area contributed by atoms with E-state index < -0.39 is 12.0 Å². The molecule has 6 nitrogen and oxygen atoms in total. The van der Waals surface area contributed by atoms with Crippen molar-refractivity contribution < 1.29 is 14.7 Å². The largest absolute Gasteiger partial charge is 0.478 e. The van der Waals surface area contributed by atoms with Crippen LogP contribution in [0.2, 0.25) is 0 Å². The minimum atomic E-state index is -0.991. The van der Waals surface area contributed by atoms with Crippen LogP contribution >= 0.6 is 0 Å². The second-order valence-corrected chi connectivity index (χ2v) is 4.95. The molecule has 6 heteroatoms. The number of benzene rings is 1. The maximum atomic E-state index is 12.0. The van der Waals surface area contributed by atoms with Crippen LogP contribution in [0.3, 0.4) is 0 Å². The molecule has 0 aliphatic rings. The second-order valence-electron chi connectivity index (χ2n) is 4.95. The van der Waals surface area contributed by atoms with Crippen molar-refractivity contribution in [2.24, 2.45) is 0 Å². The van der Waals surface area contributed by atoms with E-state index in [2.05, 4.69) is 10.3 Å². The number of nitrogens with one attached hydrogen (secondary N) is 1. The number of carbonyl (C=O) groups is 2. The van der Waals surface area contributed by atoms with Crippen LogP contribution in [0.5, 0.6) is 0 Å². The maximum Gasteiger partial charge on any atom is 0.335 e. The lowest BCUT2D eigenvalue weighted by Crippen LogP contribution is -2.28. The molecule has 1 aromatic heterocycles. The summed E-state index contributed by atoms with van der Waals surface area (Å²) in [6, 6.07) is 4.35. The zero-order valence-electron chi connectivity index (χ0n) is 12.4. The molecule has 0 aliphatic carbocycles. The summed E-state index contributed by atoms with van der Waals surface area (Å²) in [4.78, 5) is 27.6. The average Bonchev–Trinajstić information content (AvgIpc) is 2.82. The lowest BCUT2D eigenvalue weighted by molar-refractivity contribution is -0.123. The molecule has 2 aromatic rings. The van der Waals surface area contributed by atoms with E-state index in [0.717, 1.165) is 18.7 Å². The Morgan fingerprint density at radius 2 is 2.14 bits per heavy atom. The van der Waals surface area contributed by atoms with Crippen LogP contribution in [0.4, 0.5) is 0 Å². The van der Waals surface area contributed by atoms with Crippen molar-refractivity contribution in [3.63, 3.8) is 0 Å². The molecule has 112 valence electrons. The van der Waals surface area contributed by atoms with E-state index >= 15 is 0 Å². The molecule has 0 bridgehead atoms. The summed E-state index contributed by atoms with van der Waals surface area (Å²) in [6.45, 7) is 3.82. The number of rotatable bonds is 5. The van der Waals surface area contributed by atoms with Gasteiger partial charge in [0.05, 0.1) is 16.6 Å². The third-order valence-electron chi connectivity index (χ3n) is 3.50. The number of imidazole rings is 1. The fourth-order valence-corrected chi connectivity index (χ4v) is 2.43.